The molecule has 58 heavy (non-hydrogen) atoms. The molecule has 0 bridgehead atoms. The number of amides is 1. The van der Waals surface area contributed by atoms with Crippen LogP contribution in [0.15, 0.2) is 123 Å². The predicted octanol–water partition coefficient (Wildman–Crippen LogP) is 7.21. The average Bonchev–Trinajstić information content (AvgIpc) is 3.20. The molecule has 0 saturated carbocycles. The minimum Gasteiger partial charge on any atom is -0.508 e. The zero-order valence-electron chi connectivity index (χ0n) is 31.8. The lowest BCUT2D eigenvalue weighted by Gasteiger charge is -2.19. The van der Waals surface area contributed by atoms with Crippen LogP contribution in [0.4, 0.5) is 5.69 Å². The summed E-state index contributed by atoms with van der Waals surface area (Å²) in [7, 11) is 7.65. The van der Waals surface area contributed by atoms with E-state index in [1.807, 2.05) is 74.1 Å². The van der Waals surface area contributed by atoms with Gasteiger partial charge >= 0.3 is 11.9 Å². The Kier molecular flexibility index (Phi) is 9.24. The number of benzene rings is 6. The third kappa shape index (κ3) is 6.66. The summed E-state index contributed by atoms with van der Waals surface area (Å²) in [5.41, 5.74) is 4.93. The SMILES string of the molecule is CN(C)c1ccc2c(-c3cc(C(=O)NCc4ccc(-c5c6ccc(=O)cc-6oc6cc(O)ccc56)c(C(=O)O)c4)ccc3C(=O)O)c3ccc(=[N+](C)C)cc-3oc2c1. The van der Waals surface area contributed by atoms with Crippen LogP contribution in [0.3, 0.4) is 0 Å². The molecule has 2 aliphatic carbocycles. The quantitative estimate of drug-likeness (QED) is 0.0913. The van der Waals surface area contributed by atoms with Crippen LogP contribution in [0.5, 0.6) is 5.75 Å². The Morgan fingerprint density at radius 1 is 0.655 bits per heavy atom. The number of phenolic OH excluding ortho intramolecular Hbond substituents is 1. The van der Waals surface area contributed by atoms with Gasteiger partial charge in [0, 0.05) is 89.2 Å². The Bertz CT molecular complexity index is 3080. The fourth-order valence-corrected chi connectivity index (χ4v) is 7.32. The summed E-state index contributed by atoms with van der Waals surface area (Å²) in [6, 6.07) is 29.3. The number of anilines is 1. The minimum absolute atomic E-state index is 0.00383. The van der Waals surface area contributed by atoms with Crippen LogP contribution in [-0.4, -0.2) is 61.4 Å². The lowest BCUT2D eigenvalue weighted by atomic mass is 9.89. The smallest absolute Gasteiger partial charge is 0.336 e. The van der Waals surface area contributed by atoms with Crippen LogP contribution in [0, 0.1) is 0 Å². The summed E-state index contributed by atoms with van der Waals surface area (Å²) in [6.45, 7) is -0.0505. The number of rotatable bonds is 8. The van der Waals surface area contributed by atoms with Crippen molar-refractivity contribution in [1.82, 2.24) is 9.89 Å². The number of carbonyl (C=O) groups excluding carboxylic acids is 1. The highest BCUT2D eigenvalue weighted by Gasteiger charge is 2.25. The van der Waals surface area contributed by atoms with Crippen molar-refractivity contribution in [1.29, 1.82) is 0 Å². The van der Waals surface area contributed by atoms with Crippen molar-refractivity contribution in [2.75, 3.05) is 33.1 Å². The number of carboxylic acid groups (broad SMARTS) is 2. The normalized spacial score (nSPS) is 11.3. The fourth-order valence-electron chi connectivity index (χ4n) is 7.32. The number of phenols is 1. The van der Waals surface area contributed by atoms with Crippen LogP contribution in [0.2, 0.25) is 0 Å². The maximum absolute atomic E-state index is 13.8. The summed E-state index contributed by atoms with van der Waals surface area (Å²) in [6.07, 6.45) is 0. The Morgan fingerprint density at radius 3 is 1.98 bits per heavy atom. The Morgan fingerprint density at radius 2 is 1.29 bits per heavy atom. The monoisotopic (exact) mass is 774 g/mol. The highest BCUT2D eigenvalue weighted by molar-refractivity contribution is 6.10. The van der Waals surface area contributed by atoms with E-state index in [1.165, 1.54) is 42.5 Å². The molecule has 0 unspecified atom stereocenters. The molecule has 1 amide bonds. The van der Waals surface area contributed by atoms with E-state index in [4.69, 9.17) is 8.83 Å². The van der Waals surface area contributed by atoms with Gasteiger partial charge in [0.15, 0.2) is 5.43 Å². The van der Waals surface area contributed by atoms with E-state index in [-0.39, 0.29) is 45.8 Å². The van der Waals surface area contributed by atoms with E-state index >= 15 is 0 Å². The second kappa shape index (κ2) is 14.4. The number of aromatic hydroxyl groups is 1. The molecule has 2 aliphatic heterocycles. The van der Waals surface area contributed by atoms with E-state index in [9.17, 15) is 34.5 Å². The predicted molar refractivity (Wildman–Crippen MR) is 221 cm³/mol. The van der Waals surface area contributed by atoms with Crippen molar-refractivity contribution in [2.24, 2.45) is 0 Å². The molecule has 0 atom stereocenters. The topological polar surface area (TPSA) is 174 Å². The van der Waals surface area contributed by atoms with Crippen LogP contribution in [0.1, 0.15) is 36.6 Å². The maximum atomic E-state index is 13.8. The van der Waals surface area contributed by atoms with Crippen molar-refractivity contribution >= 4 is 45.5 Å². The van der Waals surface area contributed by atoms with Crippen molar-refractivity contribution in [3.05, 3.63) is 147 Å². The maximum Gasteiger partial charge on any atom is 0.336 e. The molecular weight excluding hydrogens is 739 g/mol. The third-order valence-electron chi connectivity index (χ3n) is 10.2. The zero-order valence-corrected chi connectivity index (χ0v) is 31.8. The Labute approximate surface area is 330 Å². The number of carboxylic acids is 2. The number of aromatic carboxylic acids is 2. The van der Waals surface area contributed by atoms with E-state index in [2.05, 4.69) is 5.32 Å². The van der Waals surface area contributed by atoms with Gasteiger partial charge in [-0.15, -0.1) is 0 Å². The molecule has 0 spiro atoms. The van der Waals surface area contributed by atoms with Gasteiger partial charge in [0.2, 0.25) is 5.36 Å². The third-order valence-corrected chi connectivity index (χ3v) is 10.2. The molecule has 4 aliphatic rings. The molecule has 8 rings (SSSR count). The fraction of sp³-hybridized carbons (Fsp3) is 0.109. The summed E-state index contributed by atoms with van der Waals surface area (Å²) in [4.78, 5) is 53.5. The van der Waals surface area contributed by atoms with Crippen molar-refractivity contribution < 1.29 is 38.5 Å². The number of nitrogens with one attached hydrogen (secondary N) is 1. The standard InChI is InChI=1S/C46H35N3O9/c1-48(2)26-7-13-32-38(19-26)57-39-20-27(49(3)4)8-14-33(39)43(32)36-18-25(6-12-31(36)45(53)54)44(52)47-23-24-5-11-30(37(17-24)46(55)56)42-34-15-9-28(50)21-40(34)58-41-22-29(51)10-16-35(41)42/h5-22H,23H2,1-4H3,(H3-,47,50,51,52,53,54,55,56)/p+1. The molecule has 4 N–H and O–H groups in total. The largest absolute Gasteiger partial charge is 0.508 e. The number of carbonyl (C=O) groups is 3. The number of hydrogen-bond donors (Lipinski definition) is 4. The van der Waals surface area contributed by atoms with Gasteiger partial charge in [-0.3, -0.25) is 9.59 Å². The molecule has 0 aromatic heterocycles. The van der Waals surface area contributed by atoms with Crippen molar-refractivity contribution in [3.63, 3.8) is 0 Å². The Balaban J connectivity index is 1.19. The molecule has 4 aromatic carbocycles. The molecule has 12 heteroatoms. The van der Waals surface area contributed by atoms with Gasteiger partial charge in [-0.25, -0.2) is 14.2 Å². The van der Waals surface area contributed by atoms with Gasteiger partial charge in [0.05, 0.1) is 17.2 Å². The summed E-state index contributed by atoms with van der Waals surface area (Å²) in [5, 5.41) is 35.9. The molecule has 0 fully saturated rings. The number of hydrogen-bond acceptors (Lipinski definition) is 8. The average molecular weight is 775 g/mol. The van der Waals surface area contributed by atoms with E-state index in [0.717, 1.165) is 11.0 Å². The first-order valence-corrected chi connectivity index (χ1v) is 18.2. The molecule has 4 aromatic rings. The van der Waals surface area contributed by atoms with Crippen LogP contribution in [-0.2, 0) is 6.54 Å². The van der Waals surface area contributed by atoms with Gasteiger partial charge < -0.3 is 34.4 Å². The lowest BCUT2D eigenvalue weighted by Crippen LogP contribution is -2.23. The minimum atomic E-state index is -1.22. The van der Waals surface area contributed by atoms with Gasteiger partial charge in [0.25, 0.3) is 5.91 Å². The lowest BCUT2D eigenvalue weighted by molar-refractivity contribution is 0.0686. The summed E-state index contributed by atoms with van der Waals surface area (Å²) >= 11 is 0. The van der Waals surface area contributed by atoms with Gasteiger partial charge in [0.1, 0.15) is 42.5 Å². The first kappa shape index (κ1) is 37.2. The highest BCUT2D eigenvalue weighted by atomic mass is 16.4. The van der Waals surface area contributed by atoms with Crippen molar-refractivity contribution in [3.8, 4) is 50.7 Å². The molecule has 0 saturated heterocycles. The first-order chi connectivity index (χ1) is 27.8. The first-order valence-electron chi connectivity index (χ1n) is 18.2. The van der Waals surface area contributed by atoms with Gasteiger partial charge in [-0.1, -0.05) is 12.1 Å². The van der Waals surface area contributed by atoms with Gasteiger partial charge in [-0.2, -0.15) is 0 Å². The second-order valence-electron chi connectivity index (χ2n) is 14.4. The zero-order chi connectivity index (χ0) is 41.0. The molecule has 12 nitrogen and oxygen atoms in total. The van der Waals surface area contributed by atoms with E-state index < -0.39 is 17.8 Å². The molecule has 288 valence electrons. The molecule has 2 heterocycles. The van der Waals surface area contributed by atoms with Crippen LogP contribution >= 0.6 is 0 Å². The molecule has 0 radical (unpaired) electrons. The number of fused-ring (bicyclic) bond motifs is 4. The van der Waals surface area contributed by atoms with Gasteiger partial charge in [-0.05, 0) is 83.4 Å². The van der Waals surface area contributed by atoms with E-state index in [0.29, 0.717) is 61.1 Å². The van der Waals surface area contributed by atoms with Crippen molar-refractivity contribution in [2.45, 2.75) is 6.54 Å². The number of nitrogens with zero attached hydrogens (tertiary/aromatic N) is 2. The summed E-state index contributed by atoms with van der Waals surface area (Å²) < 4.78 is 14.3. The van der Waals surface area contributed by atoms with Crippen LogP contribution < -0.4 is 25.6 Å². The van der Waals surface area contributed by atoms with Crippen LogP contribution in [0.25, 0.3) is 66.8 Å². The van der Waals surface area contributed by atoms with E-state index in [1.54, 1.807) is 30.3 Å². The summed E-state index contributed by atoms with van der Waals surface area (Å²) in [5.74, 6) is -2.20. The second-order valence-corrected chi connectivity index (χ2v) is 14.4. The highest BCUT2D eigenvalue weighted by Crippen LogP contribution is 2.44. The molecular formula is C46H36N3O9+. The Hall–Kier alpha value is -7.73.